The summed E-state index contributed by atoms with van der Waals surface area (Å²) in [6, 6.07) is 4.27. The van der Waals surface area contributed by atoms with E-state index in [0.29, 0.717) is 12.0 Å². The third kappa shape index (κ3) is 5.69. The van der Waals surface area contributed by atoms with E-state index in [4.69, 9.17) is 20.3 Å². The van der Waals surface area contributed by atoms with E-state index >= 15 is 0 Å². The van der Waals surface area contributed by atoms with Crippen LogP contribution >= 0.6 is 0 Å². The first-order valence-corrected chi connectivity index (χ1v) is 4.08. The van der Waals surface area contributed by atoms with Crippen LogP contribution in [0.1, 0.15) is 22.8 Å². The van der Waals surface area contributed by atoms with Crippen molar-refractivity contribution in [2.75, 3.05) is 0 Å². The molecule has 7 heteroatoms. The molecule has 0 spiro atoms. The summed E-state index contributed by atoms with van der Waals surface area (Å²) in [4.78, 5) is 18.7. The molecular formula is C9H12NNaO5. The molecule has 1 rings (SSSR count). The second kappa shape index (κ2) is 9.14. The molecule has 1 aromatic rings. The van der Waals surface area contributed by atoms with Crippen LogP contribution in [0.4, 0.5) is 0 Å². The summed E-state index contributed by atoms with van der Waals surface area (Å²) in [6.45, 7) is 1.85. The van der Waals surface area contributed by atoms with Gasteiger partial charge in [-0.15, -0.1) is 4.91 Å². The number of aromatic hydroxyl groups is 1. The molecule has 0 radical (unpaired) electrons. The van der Waals surface area contributed by atoms with Crippen molar-refractivity contribution < 1.29 is 20.2 Å². The van der Waals surface area contributed by atoms with E-state index in [0.717, 1.165) is 0 Å². The zero-order chi connectivity index (χ0) is 11.8. The summed E-state index contributed by atoms with van der Waals surface area (Å²) in [7, 11) is 0. The average molecular weight is 237 g/mol. The number of rotatable bonds is 2. The molecule has 0 atom stereocenters. The van der Waals surface area contributed by atoms with Crippen LogP contribution in [0.2, 0.25) is 0 Å². The second-order valence-electron chi connectivity index (χ2n) is 2.58. The van der Waals surface area contributed by atoms with E-state index in [-0.39, 0.29) is 40.9 Å². The Bertz CT molecular complexity index is 356. The monoisotopic (exact) mass is 237 g/mol. The van der Waals surface area contributed by atoms with Gasteiger partial charge in [0.2, 0.25) is 0 Å². The number of aryl methyl sites for hydroxylation is 1. The summed E-state index contributed by atoms with van der Waals surface area (Å²) < 4.78 is 0. The number of carboxylic acids is 1. The quantitative estimate of drug-likeness (QED) is 0.406. The van der Waals surface area contributed by atoms with E-state index in [2.05, 4.69) is 0 Å². The van der Waals surface area contributed by atoms with Gasteiger partial charge in [-0.05, 0) is 30.2 Å². The van der Waals surface area contributed by atoms with Crippen LogP contribution in [0.3, 0.4) is 0 Å². The van der Waals surface area contributed by atoms with Gasteiger partial charge in [0.05, 0.1) is 5.56 Å². The summed E-state index contributed by atoms with van der Waals surface area (Å²) in [5.74, 6) is -0.844. The summed E-state index contributed by atoms with van der Waals surface area (Å²) in [6.07, 6.45) is 0.607. The molecule has 3 N–H and O–H groups in total. The van der Waals surface area contributed by atoms with Crippen LogP contribution in [-0.2, 0) is 6.42 Å². The zero-order valence-corrected chi connectivity index (χ0v) is 8.04. The maximum absolute atomic E-state index is 10.6. The van der Waals surface area contributed by atoms with E-state index < -0.39 is 5.97 Å². The van der Waals surface area contributed by atoms with Crippen LogP contribution in [0, 0.1) is 4.91 Å². The molecule has 0 unspecified atom stereocenters. The standard InChI is InChI=1S/C9H10O3.HNO2.Na.H/c1-2-6-5-7(10)3-4-8(6)9(11)12;2-1-3;;/h3-5,10H,2H2,1H3,(H,11,12);(H,2,3);;. The number of phenolic OH excluding ortho intramolecular Hbond substituents is 1. The van der Waals surface area contributed by atoms with Gasteiger partial charge in [0.25, 0.3) is 0 Å². The molecule has 0 amide bonds. The molecular weight excluding hydrogens is 225 g/mol. The van der Waals surface area contributed by atoms with Crippen molar-refractivity contribution in [1.82, 2.24) is 0 Å². The van der Waals surface area contributed by atoms with Crippen molar-refractivity contribution in [3.05, 3.63) is 34.2 Å². The van der Waals surface area contributed by atoms with Crippen LogP contribution in [0.25, 0.3) is 0 Å². The fraction of sp³-hybridized carbons (Fsp3) is 0.222. The molecule has 0 heterocycles. The van der Waals surface area contributed by atoms with Crippen molar-refractivity contribution >= 4 is 35.5 Å². The molecule has 0 aromatic heterocycles. The Morgan fingerprint density at radius 2 is 1.94 bits per heavy atom. The number of carboxylic acid groups (broad SMARTS) is 1. The SMILES string of the molecule is CCc1cc(O)ccc1C(=O)O.O=NO.[NaH]. The van der Waals surface area contributed by atoms with E-state index in [1.54, 1.807) is 0 Å². The predicted molar refractivity (Wildman–Crippen MR) is 59.2 cm³/mol. The predicted octanol–water partition coefficient (Wildman–Crippen LogP) is 1.15. The van der Waals surface area contributed by atoms with Gasteiger partial charge < -0.3 is 15.4 Å². The minimum absolute atomic E-state index is 0. The van der Waals surface area contributed by atoms with Crippen molar-refractivity contribution in [1.29, 1.82) is 0 Å². The van der Waals surface area contributed by atoms with Crippen LogP contribution in [0.15, 0.2) is 23.5 Å². The Morgan fingerprint density at radius 1 is 1.44 bits per heavy atom. The Hall–Kier alpha value is -1.11. The van der Waals surface area contributed by atoms with Gasteiger partial charge in [0.15, 0.2) is 5.34 Å². The third-order valence-corrected chi connectivity index (χ3v) is 1.70. The van der Waals surface area contributed by atoms with Crippen molar-refractivity contribution in [3.8, 4) is 5.75 Å². The van der Waals surface area contributed by atoms with Gasteiger partial charge in [-0.2, -0.15) is 0 Å². The number of hydrogen-bond acceptors (Lipinski definition) is 4. The molecule has 0 aliphatic rings. The van der Waals surface area contributed by atoms with Crippen molar-refractivity contribution in [2.45, 2.75) is 13.3 Å². The molecule has 0 saturated carbocycles. The first-order chi connectivity index (χ1) is 7.06. The number of carbonyl (C=O) groups is 1. The van der Waals surface area contributed by atoms with Crippen LogP contribution in [0.5, 0.6) is 5.75 Å². The van der Waals surface area contributed by atoms with Gasteiger partial charge in [0, 0.05) is 0 Å². The van der Waals surface area contributed by atoms with E-state index in [9.17, 15) is 4.79 Å². The minimum atomic E-state index is -0.952. The summed E-state index contributed by atoms with van der Waals surface area (Å²) in [5.41, 5.74) is 0.915. The molecule has 1 aromatic carbocycles. The average Bonchev–Trinajstić information content (AvgIpc) is 2.18. The van der Waals surface area contributed by atoms with Crippen LogP contribution < -0.4 is 0 Å². The number of hydrogen-bond donors (Lipinski definition) is 3. The van der Waals surface area contributed by atoms with E-state index in [1.165, 1.54) is 23.5 Å². The topological polar surface area (TPSA) is 107 Å². The number of nitrogens with zero attached hydrogens (tertiary/aromatic N) is 1. The Balaban J connectivity index is 0. The van der Waals surface area contributed by atoms with Gasteiger partial charge in [-0.25, -0.2) is 4.79 Å². The van der Waals surface area contributed by atoms with E-state index in [1.807, 2.05) is 6.92 Å². The maximum atomic E-state index is 10.6. The first kappa shape index (κ1) is 17.3. The third-order valence-electron chi connectivity index (χ3n) is 1.70. The summed E-state index contributed by atoms with van der Waals surface area (Å²) in [5, 5.41) is 25.7. The molecule has 0 aliphatic heterocycles. The molecule has 0 fully saturated rings. The fourth-order valence-electron chi connectivity index (χ4n) is 1.08. The number of benzene rings is 1. The normalized spacial score (nSPS) is 8.06. The first-order valence-electron chi connectivity index (χ1n) is 4.08. The molecule has 0 aliphatic carbocycles. The van der Waals surface area contributed by atoms with Crippen molar-refractivity contribution in [2.24, 2.45) is 5.34 Å². The number of aromatic carboxylic acids is 1. The van der Waals surface area contributed by atoms with Gasteiger partial charge in [-0.3, -0.25) is 0 Å². The van der Waals surface area contributed by atoms with Crippen LogP contribution in [-0.4, -0.2) is 50.9 Å². The summed E-state index contributed by atoms with van der Waals surface area (Å²) >= 11 is 0. The Kier molecular flexibility index (Phi) is 9.88. The molecule has 6 nitrogen and oxygen atoms in total. The zero-order valence-electron chi connectivity index (χ0n) is 8.04. The van der Waals surface area contributed by atoms with Gasteiger partial charge in [0.1, 0.15) is 5.75 Å². The van der Waals surface area contributed by atoms with Crippen molar-refractivity contribution in [3.63, 3.8) is 0 Å². The molecule has 84 valence electrons. The molecule has 0 bridgehead atoms. The number of phenols is 1. The molecule has 0 saturated heterocycles. The Morgan fingerprint density at radius 3 is 2.31 bits per heavy atom. The van der Waals surface area contributed by atoms with Gasteiger partial charge >= 0.3 is 35.5 Å². The van der Waals surface area contributed by atoms with Gasteiger partial charge in [-0.1, -0.05) is 6.92 Å². The fourth-order valence-corrected chi connectivity index (χ4v) is 1.08. The molecule has 16 heavy (non-hydrogen) atoms. The second-order valence-corrected chi connectivity index (χ2v) is 2.58. The Labute approximate surface area is 114 Å².